The van der Waals surface area contributed by atoms with Crippen LogP contribution in [0.4, 0.5) is 0 Å². The van der Waals surface area contributed by atoms with Gasteiger partial charge in [0.2, 0.25) is 15.9 Å². The average Bonchev–Trinajstić information content (AvgIpc) is 3.29. The highest BCUT2D eigenvalue weighted by molar-refractivity contribution is 9.10. The first-order chi connectivity index (χ1) is 14.9. The van der Waals surface area contributed by atoms with Gasteiger partial charge in [0.1, 0.15) is 6.33 Å². The van der Waals surface area contributed by atoms with Gasteiger partial charge in [-0.15, -0.1) is 0 Å². The standard InChI is InChI=1S/C20H22BrN5O3S2/c21-17-6-8-18(9-7-17)31(28,29)26(12-10-16-4-2-1-3-5-16)14-19(27)22-11-13-30-20-23-15-24-25-20/h1-9,15H,10-14H2,(H,22,27)(H,23,24,25). The van der Waals surface area contributed by atoms with E-state index < -0.39 is 10.0 Å². The van der Waals surface area contributed by atoms with Crippen LogP contribution in [0.2, 0.25) is 0 Å². The molecule has 1 aromatic heterocycles. The summed E-state index contributed by atoms with van der Waals surface area (Å²) in [5.41, 5.74) is 1.00. The maximum atomic E-state index is 13.2. The fourth-order valence-electron chi connectivity index (χ4n) is 2.76. The molecule has 8 nitrogen and oxygen atoms in total. The Morgan fingerprint density at radius 1 is 1.13 bits per heavy atom. The number of aromatic amines is 1. The molecule has 0 saturated carbocycles. The summed E-state index contributed by atoms with van der Waals surface area (Å²) < 4.78 is 28.4. The monoisotopic (exact) mass is 523 g/mol. The van der Waals surface area contributed by atoms with Crippen LogP contribution in [-0.2, 0) is 21.2 Å². The van der Waals surface area contributed by atoms with Crippen molar-refractivity contribution in [2.24, 2.45) is 0 Å². The van der Waals surface area contributed by atoms with Crippen LogP contribution in [0.15, 0.2) is 75.4 Å². The lowest BCUT2D eigenvalue weighted by atomic mass is 10.1. The number of halogens is 1. The quantitative estimate of drug-likeness (QED) is 0.295. The fraction of sp³-hybridized carbons (Fsp3) is 0.250. The molecule has 0 unspecified atom stereocenters. The molecule has 11 heteroatoms. The molecule has 0 atom stereocenters. The Labute approximate surface area is 194 Å². The van der Waals surface area contributed by atoms with Gasteiger partial charge in [0, 0.05) is 23.3 Å². The summed E-state index contributed by atoms with van der Waals surface area (Å²) in [4.78, 5) is 16.6. The van der Waals surface area contributed by atoms with E-state index in [1.165, 1.54) is 34.5 Å². The molecule has 3 rings (SSSR count). The number of H-pyrrole nitrogens is 1. The number of hydrogen-bond acceptors (Lipinski definition) is 6. The van der Waals surface area contributed by atoms with E-state index >= 15 is 0 Å². The highest BCUT2D eigenvalue weighted by Crippen LogP contribution is 2.19. The van der Waals surface area contributed by atoms with Gasteiger partial charge in [0.15, 0.2) is 5.16 Å². The molecule has 0 saturated heterocycles. The van der Waals surface area contributed by atoms with E-state index in [2.05, 4.69) is 36.4 Å². The Balaban J connectivity index is 1.64. The summed E-state index contributed by atoms with van der Waals surface area (Å²) in [6, 6.07) is 16.0. The number of benzene rings is 2. The molecule has 0 fully saturated rings. The molecule has 0 aliphatic heterocycles. The normalized spacial score (nSPS) is 11.5. The molecule has 0 aliphatic rings. The first-order valence-corrected chi connectivity index (χ1v) is 12.7. The number of sulfonamides is 1. The van der Waals surface area contributed by atoms with Crippen molar-refractivity contribution in [1.29, 1.82) is 0 Å². The smallest absolute Gasteiger partial charge is 0.243 e. The van der Waals surface area contributed by atoms with E-state index in [-0.39, 0.29) is 23.9 Å². The van der Waals surface area contributed by atoms with Gasteiger partial charge in [-0.05, 0) is 36.2 Å². The molecule has 31 heavy (non-hydrogen) atoms. The summed E-state index contributed by atoms with van der Waals surface area (Å²) in [5, 5.41) is 9.93. The van der Waals surface area contributed by atoms with Gasteiger partial charge in [-0.25, -0.2) is 13.4 Å². The van der Waals surface area contributed by atoms with E-state index in [9.17, 15) is 13.2 Å². The summed E-state index contributed by atoms with van der Waals surface area (Å²) in [6.07, 6.45) is 1.92. The van der Waals surface area contributed by atoms with E-state index in [0.717, 1.165) is 10.0 Å². The zero-order valence-corrected chi connectivity index (χ0v) is 19.8. The molecule has 2 aromatic carbocycles. The van der Waals surface area contributed by atoms with Crippen molar-refractivity contribution in [2.45, 2.75) is 16.5 Å². The number of carbonyl (C=O) groups is 1. The lowest BCUT2D eigenvalue weighted by Gasteiger charge is -2.22. The second-order valence-electron chi connectivity index (χ2n) is 6.52. The number of nitrogens with zero attached hydrogens (tertiary/aromatic N) is 3. The zero-order chi connectivity index (χ0) is 22.1. The van der Waals surface area contributed by atoms with Crippen molar-refractivity contribution in [3.05, 3.63) is 71.0 Å². The third kappa shape index (κ3) is 7.17. The second-order valence-corrected chi connectivity index (χ2v) is 10.5. The lowest BCUT2D eigenvalue weighted by molar-refractivity contribution is -0.121. The predicted octanol–water partition coefficient (Wildman–Crippen LogP) is 2.71. The SMILES string of the molecule is O=C(CN(CCc1ccccc1)S(=O)(=O)c1ccc(Br)cc1)NCCSc1ncn[nH]1. The molecule has 0 radical (unpaired) electrons. The molecular formula is C20H22BrN5O3S2. The van der Waals surface area contributed by atoms with Crippen LogP contribution in [0.5, 0.6) is 0 Å². The van der Waals surface area contributed by atoms with Gasteiger partial charge in [-0.3, -0.25) is 9.89 Å². The van der Waals surface area contributed by atoms with Crippen LogP contribution in [0.1, 0.15) is 5.56 Å². The van der Waals surface area contributed by atoms with Crippen molar-refractivity contribution in [3.8, 4) is 0 Å². The van der Waals surface area contributed by atoms with Crippen LogP contribution >= 0.6 is 27.7 Å². The summed E-state index contributed by atoms with van der Waals surface area (Å²) in [5.74, 6) is 0.233. The van der Waals surface area contributed by atoms with Crippen molar-refractivity contribution in [2.75, 3.05) is 25.4 Å². The van der Waals surface area contributed by atoms with Crippen molar-refractivity contribution < 1.29 is 13.2 Å². The van der Waals surface area contributed by atoms with Gasteiger partial charge < -0.3 is 5.32 Å². The number of thioether (sulfide) groups is 1. The largest absolute Gasteiger partial charge is 0.354 e. The average molecular weight is 524 g/mol. The molecule has 0 aliphatic carbocycles. The highest BCUT2D eigenvalue weighted by atomic mass is 79.9. The molecule has 164 valence electrons. The topological polar surface area (TPSA) is 108 Å². The molecule has 2 N–H and O–H groups in total. The molecule has 1 amide bonds. The van der Waals surface area contributed by atoms with E-state index in [4.69, 9.17) is 0 Å². The van der Waals surface area contributed by atoms with Crippen LogP contribution in [0.25, 0.3) is 0 Å². The van der Waals surface area contributed by atoms with E-state index in [1.54, 1.807) is 12.1 Å². The van der Waals surface area contributed by atoms with Gasteiger partial charge in [0.05, 0.1) is 11.4 Å². The number of rotatable bonds is 11. The molecular weight excluding hydrogens is 502 g/mol. The minimum absolute atomic E-state index is 0.150. The van der Waals surface area contributed by atoms with Gasteiger partial charge in [-0.1, -0.05) is 58.0 Å². The maximum Gasteiger partial charge on any atom is 0.243 e. The Morgan fingerprint density at radius 2 is 1.87 bits per heavy atom. The second kappa shape index (κ2) is 11.4. The zero-order valence-electron chi connectivity index (χ0n) is 16.6. The molecule has 0 bridgehead atoms. The number of carbonyl (C=O) groups excluding carboxylic acids is 1. The van der Waals surface area contributed by atoms with Crippen molar-refractivity contribution in [3.63, 3.8) is 0 Å². The lowest BCUT2D eigenvalue weighted by Crippen LogP contribution is -2.42. The Bertz CT molecular complexity index is 1060. The fourth-order valence-corrected chi connectivity index (χ4v) is 5.05. The van der Waals surface area contributed by atoms with Crippen LogP contribution in [-0.4, -0.2) is 59.2 Å². The minimum Gasteiger partial charge on any atom is -0.354 e. The van der Waals surface area contributed by atoms with Crippen LogP contribution in [0.3, 0.4) is 0 Å². The van der Waals surface area contributed by atoms with Crippen molar-refractivity contribution in [1.82, 2.24) is 24.8 Å². The summed E-state index contributed by atoms with van der Waals surface area (Å²) >= 11 is 4.73. The van der Waals surface area contributed by atoms with Gasteiger partial charge in [0.25, 0.3) is 0 Å². The Hall–Kier alpha value is -2.21. The maximum absolute atomic E-state index is 13.2. The number of aromatic nitrogens is 3. The predicted molar refractivity (Wildman–Crippen MR) is 123 cm³/mol. The van der Waals surface area contributed by atoms with Crippen LogP contribution in [0, 0.1) is 0 Å². The summed E-state index contributed by atoms with van der Waals surface area (Å²) in [7, 11) is -3.83. The summed E-state index contributed by atoms with van der Waals surface area (Å²) in [6.45, 7) is 0.329. The van der Waals surface area contributed by atoms with E-state index in [0.29, 0.717) is 23.9 Å². The molecule has 0 spiro atoms. The molecule has 3 aromatic rings. The van der Waals surface area contributed by atoms with Gasteiger partial charge in [-0.2, -0.15) is 9.40 Å². The first kappa shape index (κ1) is 23.5. The third-order valence-electron chi connectivity index (χ3n) is 4.32. The Kier molecular flexibility index (Phi) is 8.64. The highest BCUT2D eigenvalue weighted by Gasteiger charge is 2.26. The van der Waals surface area contributed by atoms with Crippen molar-refractivity contribution >= 4 is 43.6 Å². The minimum atomic E-state index is -3.83. The number of nitrogens with one attached hydrogen (secondary N) is 2. The van der Waals surface area contributed by atoms with Gasteiger partial charge >= 0.3 is 0 Å². The Morgan fingerprint density at radius 3 is 2.55 bits per heavy atom. The molecule has 1 heterocycles. The number of hydrogen-bond donors (Lipinski definition) is 2. The first-order valence-electron chi connectivity index (χ1n) is 9.49. The number of amides is 1. The third-order valence-corrected chi connectivity index (χ3v) is 7.59. The van der Waals surface area contributed by atoms with E-state index in [1.807, 2.05) is 30.3 Å². The van der Waals surface area contributed by atoms with Crippen LogP contribution < -0.4 is 5.32 Å².